The van der Waals surface area contributed by atoms with Crippen molar-refractivity contribution < 1.29 is 14.3 Å². The van der Waals surface area contributed by atoms with Crippen molar-refractivity contribution in [2.75, 3.05) is 6.54 Å². The molecule has 1 N–H and O–H groups in total. The molecule has 4 nitrogen and oxygen atoms in total. The summed E-state index contributed by atoms with van der Waals surface area (Å²) in [4.78, 5) is 12.7. The average Bonchev–Trinajstić information content (AvgIpc) is 2.89. The smallest absolute Gasteiger partial charge is 0.407 e. The number of halogens is 1. The van der Waals surface area contributed by atoms with Crippen LogP contribution in [0.25, 0.3) is 16.6 Å². The molecule has 116 valence electrons. The first kappa shape index (κ1) is 13.8. The summed E-state index contributed by atoms with van der Waals surface area (Å²) in [5.41, 5.74) is 3.38. The van der Waals surface area contributed by atoms with E-state index < -0.39 is 6.09 Å². The number of benzene rings is 2. The second-order valence-corrected chi connectivity index (χ2v) is 5.68. The molecule has 1 aliphatic heterocycles. The van der Waals surface area contributed by atoms with Gasteiger partial charge in [0, 0.05) is 29.6 Å². The molecule has 2 aromatic carbocycles. The lowest BCUT2D eigenvalue weighted by molar-refractivity contribution is 0.140. The molecule has 0 atom stereocenters. The Balaban J connectivity index is 2.00. The molecule has 4 rings (SSSR count). The molecular formula is C18H15FN2O2. The van der Waals surface area contributed by atoms with Gasteiger partial charge in [0.15, 0.2) is 0 Å². The van der Waals surface area contributed by atoms with Crippen LogP contribution >= 0.6 is 0 Å². The highest BCUT2D eigenvalue weighted by molar-refractivity contribution is 5.88. The van der Waals surface area contributed by atoms with Gasteiger partial charge < -0.3 is 14.6 Å². The Hall–Kier alpha value is -2.82. The van der Waals surface area contributed by atoms with Crippen molar-refractivity contribution in [1.82, 2.24) is 9.47 Å². The molecule has 1 amide bonds. The van der Waals surface area contributed by atoms with E-state index in [-0.39, 0.29) is 5.82 Å². The van der Waals surface area contributed by atoms with Gasteiger partial charge in [0.2, 0.25) is 0 Å². The van der Waals surface area contributed by atoms with Gasteiger partial charge >= 0.3 is 6.09 Å². The molecule has 1 aliphatic rings. The summed E-state index contributed by atoms with van der Waals surface area (Å²) < 4.78 is 16.3. The Morgan fingerprint density at radius 3 is 2.61 bits per heavy atom. The third-order valence-electron chi connectivity index (χ3n) is 4.42. The van der Waals surface area contributed by atoms with Crippen LogP contribution in [-0.4, -0.2) is 27.2 Å². The van der Waals surface area contributed by atoms with Crippen LogP contribution in [0.3, 0.4) is 0 Å². The van der Waals surface area contributed by atoms with Crippen LogP contribution in [0.5, 0.6) is 0 Å². The lowest BCUT2D eigenvalue weighted by Gasteiger charge is -2.25. The van der Waals surface area contributed by atoms with E-state index in [2.05, 4.69) is 0 Å². The second-order valence-electron chi connectivity index (χ2n) is 5.68. The molecule has 0 unspecified atom stereocenters. The number of carboxylic acid groups (broad SMARTS) is 1. The summed E-state index contributed by atoms with van der Waals surface area (Å²) in [5, 5.41) is 10.2. The first-order valence-electron chi connectivity index (χ1n) is 7.51. The van der Waals surface area contributed by atoms with E-state index in [0.717, 1.165) is 22.2 Å². The highest BCUT2D eigenvalue weighted by atomic mass is 19.1. The summed E-state index contributed by atoms with van der Waals surface area (Å²) >= 11 is 0. The van der Waals surface area contributed by atoms with Crippen molar-refractivity contribution >= 4 is 17.0 Å². The fourth-order valence-electron chi connectivity index (χ4n) is 3.38. The highest BCUT2D eigenvalue weighted by Gasteiger charge is 2.27. The zero-order chi connectivity index (χ0) is 16.0. The monoisotopic (exact) mass is 310 g/mol. The third kappa shape index (κ3) is 2.08. The number of hydrogen-bond donors (Lipinski definition) is 1. The molecule has 0 aliphatic carbocycles. The first-order chi connectivity index (χ1) is 11.2. The zero-order valence-electron chi connectivity index (χ0n) is 12.4. The van der Waals surface area contributed by atoms with Gasteiger partial charge in [0.1, 0.15) is 5.82 Å². The number of hydrogen-bond acceptors (Lipinski definition) is 1. The topological polar surface area (TPSA) is 45.5 Å². The first-order valence-corrected chi connectivity index (χ1v) is 7.51. The third-order valence-corrected chi connectivity index (χ3v) is 4.42. The van der Waals surface area contributed by atoms with Gasteiger partial charge in [-0.2, -0.15) is 0 Å². The zero-order valence-corrected chi connectivity index (χ0v) is 12.4. The fourth-order valence-corrected chi connectivity index (χ4v) is 3.38. The number of aromatic nitrogens is 1. The molecule has 0 radical (unpaired) electrons. The summed E-state index contributed by atoms with van der Waals surface area (Å²) in [7, 11) is 0. The number of nitrogens with zero attached hydrogens (tertiary/aromatic N) is 2. The molecule has 1 aromatic heterocycles. The number of para-hydroxylation sites is 2. The summed E-state index contributed by atoms with van der Waals surface area (Å²) in [6, 6.07) is 14.4. The van der Waals surface area contributed by atoms with Crippen LogP contribution in [0.15, 0.2) is 48.5 Å². The molecule has 5 heteroatoms. The Kier molecular flexibility index (Phi) is 3.08. The second kappa shape index (κ2) is 5.12. The van der Waals surface area contributed by atoms with Gasteiger partial charge in [-0.05, 0) is 18.2 Å². The van der Waals surface area contributed by atoms with Crippen LogP contribution in [0.4, 0.5) is 9.18 Å². The minimum atomic E-state index is -0.918. The van der Waals surface area contributed by atoms with E-state index in [1.54, 1.807) is 12.1 Å². The summed E-state index contributed by atoms with van der Waals surface area (Å²) in [6.07, 6.45) is -0.344. The van der Waals surface area contributed by atoms with Gasteiger partial charge in [-0.15, -0.1) is 0 Å². The quantitative estimate of drug-likeness (QED) is 0.743. The van der Waals surface area contributed by atoms with Crippen molar-refractivity contribution in [3.05, 3.63) is 65.6 Å². The van der Waals surface area contributed by atoms with Crippen LogP contribution in [0.2, 0.25) is 0 Å². The van der Waals surface area contributed by atoms with Crippen molar-refractivity contribution in [3.63, 3.8) is 0 Å². The molecule has 23 heavy (non-hydrogen) atoms. The fraction of sp³-hybridized carbons (Fsp3) is 0.167. The lowest BCUT2D eigenvalue weighted by atomic mass is 10.0. The minimum absolute atomic E-state index is 0.281. The number of fused-ring (bicyclic) bond motifs is 3. The van der Waals surface area contributed by atoms with Gasteiger partial charge in [-0.25, -0.2) is 9.18 Å². The number of carbonyl (C=O) groups is 1. The SMILES string of the molecule is O=C(O)N1CCc2c(c3ccccc3n2-c2ccccc2F)C1. The molecule has 3 aromatic rings. The van der Waals surface area contributed by atoms with E-state index in [1.807, 2.05) is 34.9 Å². The van der Waals surface area contributed by atoms with Crippen LogP contribution in [0, 0.1) is 5.82 Å². The lowest BCUT2D eigenvalue weighted by Crippen LogP contribution is -2.35. The molecule has 2 heterocycles. The Labute approximate surface area is 132 Å². The van der Waals surface area contributed by atoms with Crippen molar-refractivity contribution in [3.8, 4) is 5.69 Å². The molecule has 0 spiro atoms. The molecule has 0 saturated carbocycles. The van der Waals surface area contributed by atoms with E-state index in [1.165, 1.54) is 11.0 Å². The van der Waals surface area contributed by atoms with Crippen molar-refractivity contribution in [2.45, 2.75) is 13.0 Å². The van der Waals surface area contributed by atoms with Gasteiger partial charge in [-0.3, -0.25) is 0 Å². The predicted molar refractivity (Wildman–Crippen MR) is 85.4 cm³/mol. The van der Waals surface area contributed by atoms with Gasteiger partial charge in [0.25, 0.3) is 0 Å². The van der Waals surface area contributed by atoms with Crippen LogP contribution in [-0.2, 0) is 13.0 Å². The standard InChI is InChI=1S/C18H15FN2O2/c19-14-6-2-4-8-17(14)21-15-7-3-1-5-12(15)13-11-20(18(22)23)10-9-16(13)21/h1-8H,9-11H2,(H,22,23). The largest absolute Gasteiger partial charge is 0.465 e. The normalized spacial score (nSPS) is 14.0. The van der Waals surface area contributed by atoms with Gasteiger partial charge in [0.05, 0.1) is 17.7 Å². The Morgan fingerprint density at radius 1 is 1.09 bits per heavy atom. The molecule has 0 fully saturated rings. The van der Waals surface area contributed by atoms with Crippen molar-refractivity contribution in [1.29, 1.82) is 0 Å². The maximum atomic E-state index is 14.3. The molecule has 0 bridgehead atoms. The van der Waals surface area contributed by atoms with Crippen LogP contribution < -0.4 is 0 Å². The molecular weight excluding hydrogens is 295 g/mol. The Morgan fingerprint density at radius 2 is 1.83 bits per heavy atom. The minimum Gasteiger partial charge on any atom is -0.465 e. The predicted octanol–water partition coefficient (Wildman–Crippen LogP) is 3.81. The van der Waals surface area contributed by atoms with Crippen LogP contribution in [0.1, 0.15) is 11.3 Å². The highest BCUT2D eigenvalue weighted by Crippen LogP contribution is 2.34. The van der Waals surface area contributed by atoms with E-state index in [0.29, 0.717) is 25.2 Å². The Bertz CT molecular complexity index is 917. The summed E-state index contributed by atoms with van der Waals surface area (Å²) in [5.74, 6) is -0.281. The van der Waals surface area contributed by atoms with E-state index >= 15 is 0 Å². The average molecular weight is 310 g/mol. The van der Waals surface area contributed by atoms with E-state index in [4.69, 9.17) is 0 Å². The van der Waals surface area contributed by atoms with Crippen molar-refractivity contribution in [2.24, 2.45) is 0 Å². The number of rotatable bonds is 1. The maximum absolute atomic E-state index is 14.3. The van der Waals surface area contributed by atoms with E-state index in [9.17, 15) is 14.3 Å². The molecule has 0 saturated heterocycles. The maximum Gasteiger partial charge on any atom is 0.407 e. The number of amides is 1. The summed E-state index contributed by atoms with van der Waals surface area (Å²) in [6.45, 7) is 0.764. The van der Waals surface area contributed by atoms with Gasteiger partial charge in [-0.1, -0.05) is 30.3 Å².